The van der Waals surface area contributed by atoms with Crippen LogP contribution in [0.3, 0.4) is 0 Å². The zero-order valence-corrected chi connectivity index (χ0v) is 16.0. The van der Waals surface area contributed by atoms with Gasteiger partial charge >= 0.3 is 5.97 Å². The third-order valence-corrected chi connectivity index (χ3v) is 6.02. The van der Waals surface area contributed by atoms with E-state index in [-0.39, 0.29) is 12.5 Å². The van der Waals surface area contributed by atoms with Crippen molar-refractivity contribution in [3.8, 4) is 0 Å². The summed E-state index contributed by atoms with van der Waals surface area (Å²) in [6, 6.07) is 19.5. The van der Waals surface area contributed by atoms with Gasteiger partial charge in [-0.15, -0.1) is 0 Å². The minimum Gasteiger partial charge on any atom is -0.481 e. The maximum atomic E-state index is 12.9. The van der Waals surface area contributed by atoms with Crippen LogP contribution in [0.4, 0.5) is 0 Å². The highest BCUT2D eigenvalue weighted by atomic mass is 16.4. The van der Waals surface area contributed by atoms with Crippen LogP contribution in [0.1, 0.15) is 24.1 Å². The number of hydrogen-bond donors (Lipinski definition) is 1. The fourth-order valence-corrected chi connectivity index (χ4v) is 4.31. The molecule has 1 N–H and O–H groups in total. The summed E-state index contributed by atoms with van der Waals surface area (Å²) in [7, 11) is 0. The Morgan fingerprint density at radius 3 is 2.32 bits per heavy atom. The molecule has 1 aliphatic heterocycles. The molecule has 0 atom stereocenters. The number of aryl methyl sites for hydroxylation is 1. The molecule has 2 heterocycles. The minimum atomic E-state index is -0.909. The smallest absolute Gasteiger partial charge is 0.314 e. The van der Waals surface area contributed by atoms with E-state index >= 15 is 0 Å². The Hall–Kier alpha value is -3.08. The van der Waals surface area contributed by atoms with E-state index in [1.165, 1.54) is 0 Å². The molecule has 0 radical (unpaired) electrons. The van der Waals surface area contributed by atoms with Crippen molar-refractivity contribution in [2.45, 2.75) is 31.7 Å². The SMILES string of the molecule is Cc1cc2ccccc2n1CC(=O)N1CCC(C(=O)O)(c2ccccc2)CC1. The van der Waals surface area contributed by atoms with Gasteiger partial charge in [0, 0.05) is 24.3 Å². The molecular weight excluding hydrogens is 352 g/mol. The summed E-state index contributed by atoms with van der Waals surface area (Å²) < 4.78 is 2.04. The number of aromatic nitrogens is 1. The second-order valence-corrected chi connectivity index (χ2v) is 7.56. The number of piperidine rings is 1. The first-order valence-electron chi connectivity index (χ1n) is 9.63. The normalized spacial score (nSPS) is 16.2. The molecule has 0 saturated carbocycles. The van der Waals surface area contributed by atoms with Crippen LogP contribution < -0.4 is 0 Å². The predicted octanol–water partition coefficient (Wildman–Crippen LogP) is 3.59. The van der Waals surface area contributed by atoms with E-state index in [9.17, 15) is 14.7 Å². The third-order valence-electron chi connectivity index (χ3n) is 6.02. The number of nitrogens with zero attached hydrogens (tertiary/aromatic N) is 2. The first-order chi connectivity index (χ1) is 13.5. The number of hydrogen-bond acceptors (Lipinski definition) is 2. The van der Waals surface area contributed by atoms with Crippen molar-refractivity contribution in [3.05, 3.63) is 71.9 Å². The van der Waals surface area contributed by atoms with Crippen LogP contribution in [-0.4, -0.2) is 39.5 Å². The van der Waals surface area contributed by atoms with Crippen LogP contribution in [0, 0.1) is 6.92 Å². The highest BCUT2D eigenvalue weighted by Crippen LogP contribution is 2.36. The van der Waals surface area contributed by atoms with Gasteiger partial charge in [-0.2, -0.15) is 0 Å². The second kappa shape index (κ2) is 7.15. The highest BCUT2D eigenvalue weighted by molar-refractivity contribution is 5.85. The standard InChI is InChI=1S/C23H24N2O3/c1-17-15-18-7-5-6-10-20(18)25(17)16-21(26)24-13-11-23(12-14-24,22(27)28)19-8-3-2-4-9-19/h2-10,15H,11-14,16H2,1H3,(H,27,28). The highest BCUT2D eigenvalue weighted by Gasteiger charge is 2.43. The molecule has 0 aliphatic carbocycles. The summed E-state index contributed by atoms with van der Waals surface area (Å²) in [5.74, 6) is -0.769. The van der Waals surface area contributed by atoms with Gasteiger partial charge in [-0.1, -0.05) is 48.5 Å². The van der Waals surface area contributed by atoms with E-state index in [0.29, 0.717) is 25.9 Å². The van der Waals surface area contributed by atoms with E-state index in [2.05, 4.69) is 6.07 Å². The van der Waals surface area contributed by atoms with Crippen molar-refractivity contribution in [1.29, 1.82) is 0 Å². The van der Waals surface area contributed by atoms with Gasteiger partial charge in [0.05, 0.1) is 5.41 Å². The van der Waals surface area contributed by atoms with Gasteiger partial charge in [0.1, 0.15) is 6.54 Å². The van der Waals surface area contributed by atoms with E-state index in [1.807, 2.05) is 66.1 Å². The number of carbonyl (C=O) groups excluding carboxylic acids is 1. The van der Waals surface area contributed by atoms with Crippen LogP contribution in [0.5, 0.6) is 0 Å². The lowest BCUT2D eigenvalue weighted by atomic mass is 9.73. The Morgan fingerprint density at radius 2 is 1.64 bits per heavy atom. The molecule has 1 saturated heterocycles. The molecule has 5 heteroatoms. The maximum absolute atomic E-state index is 12.9. The van der Waals surface area contributed by atoms with Crippen LogP contribution >= 0.6 is 0 Å². The lowest BCUT2D eigenvalue weighted by Gasteiger charge is -2.39. The van der Waals surface area contributed by atoms with Crippen LogP contribution in [-0.2, 0) is 21.5 Å². The van der Waals surface area contributed by atoms with E-state index in [1.54, 1.807) is 4.90 Å². The van der Waals surface area contributed by atoms with E-state index in [0.717, 1.165) is 22.2 Å². The molecule has 1 fully saturated rings. The molecule has 1 aromatic heterocycles. The van der Waals surface area contributed by atoms with E-state index in [4.69, 9.17) is 0 Å². The zero-order chi connectivity index (χ0) is 19.7. The first kappa shape index (κ1) is 18.3. The third kappa shape index (κ3) is 3.07. The average Bonchev–Trinajstić information content (AvgIpc) is 3.03. The van der Waals surface area contributed by atoms with Crippen LogP contribution in [0.2, 0.25) is 0 Å². The molecule has 1 aliphatic rings. The number of carboxylic acids is 1. The van der Waals surface area contributed by atoms with Gasteiger partial charge in [0.2, 0.25) is 5.91 Å². The molecular formula is C23H24N2O3. The van der Waals surface area contributed by atoms with Crippen molar-refractivity contribution in [3.63, 3.8) is 0 Å². The topological polar surface area (TPSA) is 62.5 Å². The fraction of sp³-hybridized carbons (Fsp3) is 0.304. The zero-order valence-electron chi connectivity index (χ0n) is 16.0. The van der Waals surface area contributed by atoms with E-state index < -0.39 is 11.4 Å². The number of aliphatic carboxylic acids is 1. The number of fused-ring (bicyclic) bond motifs is 1. The molecule has 4 rings (SSSR count). The summed E-state index contributed by atoms with van der Waals surface area (Å²) in [6.45, 7) is 3.20. The van der Waals surface area contributed by atoms with Crippen molar-refractivity contribution in [2.24, 2.45) is 0 Å². The Balaban J connectivity index is 1.51. The number of carbonyl (C=O) groups is 2. The average molecular weight is 376 g/mol. The van der Waals surface area contributed by atoms with Gasteiger partial charge in [0.15, 0.2) is 0 Å². The Labute approximate surface area is 164 Å². The summed E-state index contributed by atoms with van der Waals surface area (Å²) in [6.07, 6.45) is 0.868. The van der Waals surface area contributed by atoms with Crippen molar-refractivity contribution >= 4 is 22.8 Å². The van der Waals surface area contributed by atoms with Crippen molar-refractivity contribution < 1.29 is 14.7 Å². The lowest BCUT2D eigenvalue weighted by molar-refractivity contribution is -0.148. The number of rotatable bonds is 4. The fourth-order valence-electron chi connectivity index (χ4n) is 4.31. The minimum absolute atomic E-state index is 0.0384. The molecule has 5 nitrogen and oxygen atoms in total. The van der Waals surface area contributed by atoms with Crippen molar-refractivity contribution in [1.82, 2.24) is 9.47 Å². The largest absolute Gasteiger partial charge is 0.481 e. The van der Waals surface area contributed by atoms with Gasteiger partial charge < -0.3 is 14.6 Å². The maximum Gasteiger partial charge on any atom is 0.314 e. The van der Waals surface area contributed by atoms with Crippen LogP contribution in [0.25, 0.3) is 10.9 Å². The molecule has 3 aromatic rings. The summed E-state index contributed by atoms with van der Waals surface area (Å²) >= 11 is 0. The number of para-hydroxylation sites is 1. The van der Waals surface area contributed by atoms with Crippen LogP contribution in [0.15, 0.2) is 60.7 Å². The van der Waals surface area contributed by atoms with Gasteiger partial charge in [-0.3, -0.25) is 9.59 Å². The number of benzene rings is 2. The quantitative estimate of drug-likeness (QED) is 0.757. The molecule has 0 unspecified atom stereocenters. The molecule has 0 bridgehead atoms. The molecule has 144 valence electrons. The molecule has 0 spiro atoms. The van der Waals surface area contributed by atoms with Gasteiger partial charge in [-0.25, -0.2) is 0 Å². The number of likely N-dealkylation sites (tertiary alicyclic amines) is 1. The number of carboxylic acid groups (broad SMARTS) is 1. The molecule has 1 amide bonds. The second-order valence-electron chi connectivity index (χ2n) is 7.56. The molecule has 28 heavy (non-hydrogen) atoms. The predicted molar refractivity (Wildman–Crippen MR) is 108 cm³/mol. The van der Waals surface area contributed by atoms with Gasteiger partial charge in [0.25, 0.3) is 0 Å². The molecule has 2 aromatic carbocycles. The van der Waals surface area contributed by atoms with Gasteiger partial charge in [-0.05, 0) is 42.8 Å². The first-order valence-corrected chi connectivity index (χ1v) is 9.63. The Kier molecular flexibility index (Phi) is 4.67. The Bertz CT molecular complexity index is 1010. The number of amides is 1. The van der Waals surface area contributed by atoms with Crippen molar-refractivity contribution in [2.75, 3.05) is 13.1 Å². The summed E-state index contributed by atoms with van der Waals surface area (Å²) in [5, 5.41) is 11.0. The summed E-state index contributed by atoms with van der Waals surface area (Å²) in [4.78, 5) is 26.8. The lowest BCUT2D eigenvalue weighted by Crippen LogP contribution is -2.49. The monoisotopic (exact) mass is 376 g/mol. The Morgan fingerprint density at radius 1 is 1.00 bits per heavy atom. The summed E-state index contributed by atoms with van der Waals surface area (Å²) in [5.41, 5.74) is 2.01.